The van der Waals surface area contributed by atoms with Gasteiger partial charge in [0.2, 0.25) is 11.8 Å². The molecule has 0 radical (unpaired) electrons. The molecule has 0 spiro atoms. The maximum atomic E-state index is 12.0. The van der Waals surface area contributed by atoms with Gasteiger partial charge in [0.25, 0.3) is 0 Å². The molecule has 1 heterocycles. The van der Waals surface area contributed by atoms with Crippen LogP contribution in [0.4, 0.5) is 0 Å². The van der Waals surface area contributed by atoms with Gasteiger partial charge in [0.05, 0.1) is 5.56 Å². The third-order valence-electron chi connectivity index (χ3n) is 3.47. The molecule has 21 heavy (non-hydrogen) atoms. The minimum atomic E-state index is -0.980. The van der Waals surface area contributed by atoms with E-state index < -0.39 is 12.0 Å². The van der Waals surface area contributed by atoms with Crippen molar-refractivity contribution in [3.05, 3.63) is 35.4 Å². The zero-order valence-corrected chi connectivity index (χ0v) is 11.6. The first kappa shape index (κ1) is 15.0. The average molecular weight is 290 g/mol. The van der Waals surface area contributed by atoms with Crippen LogP contribution in [-0.2, 0) is 16.1 Å². The van der Waals surface area contributed by atoms with Crippen LogP contribution in [0.25, 0.3) is 0 Å². The second kappa shape index (κ2) is 6.88. The fourth-order valence-corrected chi connectivity index (χ4v) is 2.25. The zero-order valence-electron chi connectivity index (χ0n) is 11.6. The van der Waals surface area contributed by atoms with Crippen molar-refractivity contribution in [1.29, 1.82) is 0 Å². The largest absolute Gasteiger partial charge is 0.478 e. The lowest BCUT2D eigenvalue weighted by molar-refractivity contribution is -0.128. The van der Waals surface area contributed by atoms with Gasteiger partial charge < -0.3 is 15.7 Å². The number of carbonyl (C=O) groups is 3. The molecule has 1 atom stereocenters. The van der Waals surface area contributed by atoms with Gasteiger partial charge in [-0.15, -0.1) is 0 Å². The normalized spacial score (nSPS) is 18.5. The van der Waals surface area contributed by atoms with Crippen LogP contribution in [0.15, 0.2) is 24.3 Å². The Bertz CT molecular complexity index is 539. The molecule has 0 saturated carbocycles. The molecule has 112 valence electrons. The van der Waals surface area contributed by atoms with Crippen LogP contribution in [0, 0.1) is 0 Å². The lowest BCUT2D eigenvalue weighted by Gasteiger charge is -2.15. The summed E-state index contributed by atoms with van der Waals surface area (Å²) >= 11 is 0. The van der Waals surface area contributed by atoms with Crippen molar-refractivity contribution in [3.8, 4) is 0 Å². The van der Waals surface area contributed by atoms with E-state index in [1.807, 2.05) is 0 Å². The minimum Gasteiger partial charge on any atom is -0.478 e. The third kappa shape index (κ3) is 4.30. The highest BCUT2D eigenvalue weighted by molar-refractivity contribution is 5.88. The van der Waals surface area contributed by atoms with E-state index in [0.717, 1.165) is 18.4 Å². The molecule has 0 aromatic heterocycles. The summed E-state index contributed by atoms with van der Waals surface area (Å²) in [6, 6.07) is 5.84. The summed E-state index contributed by atoms with van der Waals surface area (Å²) in [6.07, 6.45) is 2.78. The number of aromatic carboxylic acids is 1. The SMILES string of the molecule is O=C1CCCCC(C(=O)NCc2ccc(C(=O)O)cc2)N1. The number of hydrogen-bond donors (Lipinski definition) is 3. The molecular weight excluding hydrogens is 272 g/mol. The van der Waals surface area contributed by atoms with E-state index in [0.29, 0.717) is 19.4 Å². The zero-order chi connectivity index (χ0) is 15.2. The number of carboxylic acid groups (broad SMARTS) is 1. The van der Waals surface area contributed by atoms with Gasteiger partial charge in [-0.05, 0) is 30.5 Å². The summed E-state index contributed by atoms with van der Waals surface area (Å²) in [6.45, 7) is 0.311. The highest BCUT2D eigenvalue weighted by Crippen LogP contribution is 2.10. The molecule has 3 N–H and O–H groups in total. The van der Waals surface area contributed by atoms with Crippen LogP contribution in [0.1, 0.15) is 41.6 Å². The van der Waals surface area contributed by atoms with Gasteiger partial charge >= 0.3 is 5.97 Å². The van der Waals surface area contributed by atoms with E-state index in [-0.39, 0.29) is 17.4 Å². The molecule has 1 aliphatic rings. The summed E-state index contributed by atoms with van der Waals surface area (Å²) < 4.78 is 0. The molecule has 2 rings (SSSR count). The van der Waals surface area contributed by atoms with Crippen molar-refractivity contribution in [1.82, 2.24) is 10.6 Å². The highest BCUT2D eigenvalue weighted by atomic mass is 16.4. The van der Waals surface area contributed by atoms with Crippen LogP contribution < -0.4 is 10.6 Å². The van der Waals surface area contributed by atoms with E-state index in [1.54, 1.807) is 12.1 Å². The van der Waals surface area contributed by atoms with E-state index in [9.17, 15) is 14.4 Å². The van der Waals surface area contributed by atoms with Gasteiger partial charge in [0, 0.05) is 13.0 Å². The number of amides is 2. The Morgan fingerprint density at radius 2 is 1.95 bits per heavy atom. The number of rotatable bonds is 4. The molecule has 0 bridgehead atoms. The van der Waals surface area contributed by atoms with E-state index in [1.165, 1.54) is 12.1 Å². The average Bonchev–Trinajstić information content (AvgIpc) is 2.70. The minimum absolute atomic E-state index is 0.0848. The van der Waals surface area contributed by atoms with Gasteiger partial charge in [-0.2, -0.15) is 0 Å². The van der Waals surface area contributed by atoms with Gasteiger partial charge in [0.15, 0.2) is 0 Å². The van der Waals surface area contributed by atoms with Crippen molar-refractivity contribution in [2.45, 2.75) is 38.3 Å². The molecule has 1 aromatic carbocycles. The van der Waals surface area contributed by atoms with Crippen molar-refractivity contribution < 1.29 is 19.5 Å². The number of carbonyl (C=O) groups excluding carboxylic acids is 2. The lowest BCUT2D eigenvalue weighted by atomic mass is 10.1. The van der Waals surface area contributed by atoms with E-state index >= 15 is 0 Å². The monoisotopic (exact) mass is 290 g/mol. The second-order valence-electron chi connectivity index (χ2n) is 5.09. The van der Waals surface area contributed by atoms with E-state index in [2.05, 4.69) is 10.6 Å². The standard InChI is InChI=1S/C15H18N2O4/c18-13-4-2-1-3-12(17-13)14(19)16-9-10-5-7-11(8-6-10)15(20)21/h5-8,12H,1-4,9H2,(H,16,19)(H,17,18)(H,20,21). The summed E-state index contributed by atoms with van der Waals surface area (Å²) in [7, 11) is 0. The van der Waals surface area contributed by atoms with Crippen molar-refractivity contribution in [2.24, 2.45) is 0 Å². The maximum absolute atomic E-state index is 12.0. The topological polar surface area (TPSA) is 95.5 Å². The number of benzene rings is 1. The molecule has 0 aliphatic carbocycles. The van der Waals surface area contributed by atoms with Crippen molar-refractivity contribution in [3.63, 3.8) is 0 Å². The molecule has 1 fully saturated rings. The van der Waals surface area contributed by atoms with Crippen LogP contribution in [0.5, 0.6) is 0 Å². The predicted octanol–water partition coefficient (Wildman–Crippen LogP) is 1.06. The van der Waals surface area contributed by atoms with Crippen LogP contribution in [0.2, 0.25) is 0 Å². The van der Waals surface area contributed by atoms with Gasteiger partial charge in [0.1, 0.15) is 6.04 Å². The summed E-state index contributed by atoms with van der Waals surface area (Å²) in [5.41, 5.74) is 1.02. The van der Waals surface area contributed by atoms with Crippen molar-refractivity contribution >= 4 is 17.8 Å². The van der Waals surface area contributed by atoms with E-state index in [4.69, 9.17) is 5.11 Å². The maximum Gasteiger partial charge on any atom is 0.335 e. The Labute approximate surface area is 122 Å². The molecule has 2 amide bonds. The third-order valence-corrected chi connectivity index (χ3v) is 3.47. The summed E-state index contributed by atoms with van der Waals surface area (Å²) in [5, 5.41) is 14.3. The number of hydrogen-bond acceptors (Lipinski definition) is 3. The molecule has 1 aliphatic heterocycles. The Hall–Kier alpha value is -2.37. The van der Waals surface area contributed by atoms with Crippen molar-refractivity contribution in [2.75, 3.05) is 0 Å². The summed E-state index contributed by atoms with van der Waals surface area (Å²) in [4.78, 5) is 34.2. The number of nitrogens with one attached hydrogen (secondary N) is 2. The molecule has 1 aromatic rings. The van der Waals surface area contributed by atoms with Crippen LogP contribution in [-0.4, -0.2) is 28.9 Å². The first-order valence-corrected chi connectivity index (χ1v) is 6.95. The Balaban J connectivity index is 1.88. The van der Waals surface area contributed by atoms with Crippen LogP contribution >= 0.6 is 0 Å². The smallest absolute Gasteiger partial charge is 0.335 e. The Morgan fingerprint density at radius 3 is 2.62 bits per heavy atom. The molecular formula is C15H18N2O4. The fourth-order valence-electron chi connectivity index (χ4n) is 2.25. The predicted molar refractivity (Wildman–Crippen MR) is 75.6 cm³/mol. The number of carboxylic acids is 1. The van der Waals surface area contributed by atoms with Crippen LogP contribution in [0.3, 0.4) is 0 Å². The highest BCUT2D eigenvalue weighted by Gasteiger charge is 2.22. The quantitative estimate of drug-likeness (QED) is 0.772. The Kier molecular flexibility index (Phi) is 4.92. The molecule has 1 saturated heterocycles. The first-order valence-electron chi connectivity index (χ1n) is 6.95. The lowest BCUT2D eigenvalue weighted by Crippen LogP contribution is -2.45. The fraction of sp³-hybridized carbons (Fsp3) is 0.400. The van der Waals surface area contributed by atoms with Gasteiger partial charge in [-0.3, -0.25) is 9.59 Å². The van der Waals surface area contributed by atoms with Gasteiger partial charge in [-0.25, -0.2) is 4.79 Å². The second-order valence-corrected chi connectivity index (χ2v) is 5.09. The first-order chi connectivity index (χ1) is 10.1. The Morgan fingerprint density at radius 1 is 1.24 bits per heavy atom. The van der Waals surface area contributed by atoms with Gasteiger partial charge in [-0.1, -0.05) is 18.6 Å². The summed E-state index contributed by atoms with van der Waals surface area (Å²) in [5.74, 6) is -1.27. The molecule has 6 nitrogen and oxygen atoms in total. The molecule has 1 unspecified atom stereocenters. The molecule has 6 heteroatoms.